The second-order valence-electron chi connectivity index (χ2n) is 6.85. The molecule has 0 aliphatic rings. The van der Waals surface area contributed by atoms with E-state index in [4.69, 9.17) is 9.47 Å². The average Bonchev–Trinajstić information content (AvgIpc) is 3.18. The van der Waals surface area contributed by atoms with Crippen LogP contribution in [0.3, 0.4) is 0 Å². The number of benzene rings is 1. The Hall–Kier alpha value is -3.38. The largest absolute Gasteiger partial charge is 0.497 e. The molecular formula is C19H23N5O6S. The highest BCUT2D eigenvalue weighted by Gasteiger charge is 2.29. The van der Waals surface area contributed by atoms with Crippen LogP contribution >= 0.6 is 0 Å². The van der Waals surface area contributed by atoms with Crippen molar-refractivity contribution in [3.63, 3.8) is 0 Å². The fraction of sp³-hybridized carbons (Fsp3) is 0.316. The first-order valence-corrected chi connectivity index (χ1v) is 10.6. The molecule has 0 saturated heterocycles. The van der Waals surface area contributed by atoms with Crippen molar-refractivity contribution < 1.29 is 17.9 Å². The standard InChI is InChI=1S/C19H23N5O6S/c1-22-7-6-20-17(22)16(12-8-13(29-4)10-14(9-12)30-5)21-31(27,28)15-11-23(2)19(26)24(3)18(15)25/h6-11,16,21H,1-5H3. The van der Waals surface area contributed by atoms with Crippen molar-refractivity contribution in [3.8, 4) is 11.5 Å². The van der Waals surface area contributed by atoms with Gasteiger partial charge in [-0.15, -0.1) is 0 Å². The predicted octanol–water partition coefficient (Wildman–Crippen LogP) is -0.0974. The Morgan fingerprint density at radius 1 is 1.00 bits per heavy atom. The van der Waals surface area contributed by atoms with Gasteiger partial charge in [0.2, 0.25) is 10.0 Å². The van der Waals surface area contributed by atoms with Gasteiger partial charge in [0.1, 0.15) is 23.4 Å². The van der Waals surface area contributed by atoms with Crippen LogP contribution < -0.4 is 25.4 Å². The highest BCUT2D eigenvalue weighted by atomic mass is 32.2. The van der Waals surface area contributed by atoms with E-state index < -0.39 is 32.2 Å². The van der Waals surface area contributed by atoms with Gasteiger partial charge in [0.25, 0.3) is 5.56 Å². The first-order valence-electron chi connectivity index (χ1n) is 9.08. The van der Waals surface area contributed by atoms with E-state index in [9.17, 15) is 18.0 Å². The third-order valence-corrected chi connectivity index (χ3v) is 6.21. The summed E-state index contributed by atoms with van der Waals surface area (Å²) < 4.78 is 43.0. The lowest BCUT2D eigenvalue weighted by molar-refractivity contribution is 0.392. The minimum absolute atomic E-state index is 0.375. The molecule has 0 radical (unpaired) electrons. The molecule has 11 nitrogen and oxygen atoms in total. The molecule has 166 valence electrons. The van der Waals surface area contributed by atoms with Gasteiger partial charge in [-0.05, 0) is 17.7 Å². The average molecular weight is 449 g/mol. The zero-order valence-electron chi connectivity index (χ0n) is 17.7. The van der Waals surface area contributed by atoms with Gasteiger partial charge >= 0.3 is 5.69 Å². The number of hydrogen-bond donors (Lipinski definition) is 1. The maximum atomic E-state index is 13.2. The predicted molar refractivity (Wildman–Crippen MR) is 112 cm³/mol. The lowest BCUT2D eigenvalue weighted by Gasteiger charge is -2.20. The third-order valence-electron chi connectivity index (χ3n) is 4.80. The second-order valence-corrected chi connectivity index (χ2v) is 8.53. The van der Waals surface area contributed by atoms with Crippen molar-refractivity contribution in [1.29, 1.82) is 0 Å². The van der Waals surface area contributed by atoms with E-state index >= 15 is 0 Å². The number of imidazole rings is 1. The van der Waals surface area contributed by atoms with E-state index in [0.29, 0.717) is 22.9 Å². The summed E-state index contributed by atoms with van der Waals surface area (Å²) in [5, 5.41) is 0. The molecule has 0 amide bonds. The highest BCUT2D eigenvalue weighted by molar-refractivity contribution is 7.89. The zero-order chi connectivity index (χ0) is 22.9. The van der Waals surface area contributed by atoms with Gasteiger partial charge in [-0.3, -0.25) is 9.36 Å². The Morgan fingerprint density at radius 3 is 2.13 bits per heavy atom. The normalized spacial score (nSPS) is 12.5. The Kier molecular flexibility index (Phi) is 6.04. The van der Waals surface area contributed by atoms with Crippen LogP contribution in [-0.4, -0.2) is 41.3 Å². The maximum absolute atomic E-state index is 13.2. The maximum Gasteiger partial charge on any atom is 0.330 e. The molecule has 1 atom stereocenters. The highest BCUT2D eigenvalue weighted by Crippen LogP contribution is 2.30. The van der Waals surface area contributed by atoms with Crippen molar-refractivity contribution in [2.45, 2.75) is 10.9 Å². The monoisotopic (exact) mass is 449 g/mol. The topological polar surface area (TPSA) is 126 Å². The SMILES string of the molecule is COc1cc(OC)cc(C(NS(=O)(=O)c2cn(C)c(=O)n(C)c2=O)c2nccn2C)c1. The molecule has 0 fully saturated rings. The molecule has 0 aliphatic carbocycles. The van der Waals surface area contributed by atoms with Crippen LogP contribution in [0.15, 0.2) is 51.3 Å². The third kappa shape index (κ3) is 4.25. The van der Waals surface area contributed by atoms with Crippen molar-refractivity contribution in [1.82, 2.24) is 23.4 Å². The van der Waals surface area contributed by atoms with Gasteiger partial charge in [0.05, 0.1) is 14.2 Å². The van der Waals surface area contributed by atoms with Crippen LogP contribution in [0, 0.1) is 0 Å². The molecule has 1 unspecified atom stereocenters. The summed E-state index contributed by atoms with van der Waals surface area (Å²) in [6, 6.07) is 3.96. The van der Waals surface area contributed by atoms with E-state index in [1.807, 2.05) is 0 Å². The van der Waals surface area contributed by atoms with Gasteiger partial charge < -0.3 is 18.6 Å². The second kappa shape index (κ2) is 8.40. The van der Waals surface area contributed by atoms with Crippen molar-refractivity contribution in [2.75, 3.05) is 14.2 Å². The molecule has 0 bridgehead atoms. The Labute approximate surface area is 178 Å². The molecule has 12 heteroatoms. The summed E-state index contributed by atoms with van der Waals surface area (Å²) in [5.74, 6) is 1.28. The van der Waals surface area contributed by atoms with Crippen LogP contribution in [0.25, 0.3) is 0 Å². The molecule has 1 N–H and O–H groups in total. The van der Waals surface area contributed by atoms with Crippen molar-refractivity contribution in [3.05, 3.63) is 69.0 Å². The molecular weight excluding hydrogens is 426 g/mol. The summed E-state index contributed by atoms with van der Waals surface area (Å²) in [4.78, 5) is 28.2. The minimum Gasteiger partial charge on any atom is -0.497 e. The molecule has 1 aromatic carbocycles. The van der Waals surface area contributed by atoms with E-state index in [1.165, 1.54) is 34.5 Å². The first-order chi connectivity index (χ1) is 14.6. The fourth-order valence-corrected chi connectivity index (χ4v) is 4.44. The summed E-state index contributed by atoms with van der Waals surface area (Å²) in [6.07, 6.45) is 4.19. The number of aromatic nitrogens is 4. The molecule has 2 heterocycles. The van der Waals surface area contributed by atoms with E-state index in [0.717, 1.165) is 15.3 Å². The molecule has 0 spiro atoms. The van der Waals surface area contributed by atoms with Gasteiger partial charge in [-0.25, -0.2) is 18.2 Å². The fourth-order valence-electron chi connectivity index (χ4n) is 3.10. The Balaban J connectivity index is 2.19. The first kappa shape index (κ1) is 22.3. The lowest BCUT2D eigenvalue weighted by atomic mass is 10.1. The number of aryl methyl sites for hydroxylation is 2. The van der Waals surface area contributed by atoms with Gasteiger partial charge in [-0.1, -0.05) is 0 Å². The summed E-state index contributed by atoms with van der Waals surface area (Å²) >= 11 is 0. The van der Waals surface area contributed by atoms with Crippen LogP contribution in [0.1, 0.15) is 17.4 Å². The number of methoxy groups -OCH3 is 2. The van der Waals surface area contributed by atoms with Gasteiger partial charge in [-0.2, -0.15) is 4.72 Å². The summed E-state index contributed by atoms with van der Waals surface area (Å²) in [7, 11) is 2.89. The van der Waals surface area contributed by atoms with Crippen LogP contribution in [0.5, 0.6) is 11.5 Å². The minimum atomic E-state index is -4.36. The number of rotatable bonds is 7. The van der Waals surface area contributed by atoms with Gasteiger partial charge in [0, 0.05) is 45.8 Å². The van der Waals surface area contributed by atoms with Crippen molar-refractivity contribution >= 4 is 10.0 Å². The number of nitrogens with one attached hydrogen (secondary N) is 1. The number of hydrogen-bond acceptors (Lipinski definition) is 7. The van der Waals surface area contributed by atoms with E-state index in [-0.39, 0.29) is 0 Å². The number of nitrogens with zero attached hydrogens (tertiary/aromatic N) is 4. The summed E-state index contributed by atoms with van der Waals surface area (Å²) in [5.41, 5.74) is -1.09. The molecule has 3 rings (SSSR count). The molecule has 2 aromatic heterocycles. The van der Waals surface area contributed by atoms with Crippen molar-refractivity contribution in [2.24, 2.45) is 21.1 Å². The molecule has 0 aliphatic heterocycles. The van der Waals surface area contributed by atoms with Crippen LogP contribution in [0.4, 0.5) is 0 Å². The van der Waals surface area contributed by atoms with E-state index in [1.54, 1.807) is 36.0 Å². The molecule has 0 saturated carbocycles. The smallest absolute Gasteiger partial charge is 0.330 e. The van der Waals surface area contributed by atoms with Crippen LogP contribution in [0.2, 0.25) is 0 Å². The lowest BCUT2D eigenvalue weighted by Crippen LogP contribution is -2.42. The van der Waals surface area contributed by atoms with Crippen LogP contribution in [-0.2, 0) is 31.2 Å². The number of ether oxygens (including phenoxy) is 2. The molecule has 3 aromatic rings. The quantitative estimate of drug-likeness (QED) is 0.534. The Morgan fingerprint density at radius 2 is 1.61 bits per heavy atom. The Bertz CT molecular complexity index is 1320. The van der Waals surface area contributed by atoms with E-state index in [2.05, 4.69) is 9.71 Å². The van der Waals surface area contributed by atoms with Gasteiger partial charge in [0.15, 0.2) is 4.90 Å². The number of sulfonamides is 1. The molecule has 31 heavy (non-hydrogen) atoms. The zero-order valence-corrected chi connectivity index (χ0v) is 18.5. The summed E-state index contributed by atoms with van der Waals surface area (Å²) in [6.45, 7) is 0.